The fraction of sp³-hybridized carbons (Fsp3) is 0.538. The first kappa shape index (κ1) is 12.5. The largest absolute Gasteiger partial charge is 0.387 e. The van der Waals surface area contributed by atoms with Crippen molar-refractivity contribution in [3.63, 3.8) is 0 Å². The van der Waals surface area contributed by atoms with Gasteiger partial charge in [-0.3, -0.25) is 0 Å². The predicted octanol–water partition coefficient (Wildman–Crippen LogP) is 3.70. The number of benzene rings is 1. The Kier molecular flexibility index (Phi) is 4.18. The van der Waals surface area contributed by atoms with Crippen molar-refractivity contribution in [2.45, 2.75) is 39.7 Å². The van der Waals surface area contributed by atoms with Crippen LogP contribution >= 0.6 is 11.6 Å². The van der Waals surface area contributed by atoms with Crippen LogP contribution in [0.1, 0.15) is 48.1 Å². The first-order valence-electron chi connectivity index (χ1n) is 5.32. The van der Waals surface area contributed by atoms with Crippen LogP contribution in [0.25, 0.3) is 0 Å². The van der Waals surface area contributed by atoms with Gasteiger partial charge in [0, 0.05) is 0 Å². The topological polar surface area (TPSA) is 20.2 Å². The Morgan fingerprint density at radius 3 is 2.00 bits per heavy atom. The quantitative estimate of drug-likeness (QED) is 0.780. The maximum atomic E-state index is 9.79. The molecule has 0 fully saturated rings. The molecule has 15 heavy (non-hydrogen) atoms. The predicted molar refractivity (Wildman–Crippen MR) is 65.7 cm³/mol. The zero-order valence-corrected chi connectivity index (χ0v) is 10.6. The number of rotatable bonds is 3. The monoisotopic (exact) mass is 226 g/mol. The van der Waals surface area contributed by atoms with E-state index in [1.54, 1.807) is 0 Å². The molecule has 0 aliphatic carbocycles. The van der Waals surface area contributed by atoms with Crippen LogP contribution in [0.2, 0.25) is 0 Å². The molecule has 0 radical (unpaired) electrons. The summed E-state index contributed by atoms with van der Waals surface area (Å²) < 4.78 is 0. The number of halogens is 1. The van der Waals surface area contributed by atoms with E-state index in [-0.39, 0.29) is 5.88 Å². The molecule has 0 saturated heterocycles. The van der Waals surface area contributed by atoms with Crippen LogP contribution in [0.5, 0.6) is 0 Å². The van der Waals surface area contributed by atoms with Crippen LogP contribution in [-0.2, 0) is 0 Å². The maximum Gasteiger partial charge on any atom is 0.0930 e. The van der Waals surface area contributed by atoms with E-state index in [0.29, 0.717) is 5.92 Å². The molecule has 0 amide bonds. The summed E-state index contributed by atoms with van der Waals surface area (Å²) >= 11 is 5.68. The van der Waals surface area contributed by atoms with Gasteiger partial charge in [-0.15, -0.1) is 11.6 Å². The third-order valence-electron chi connectivity index (χ3n) is 2.76. The molecule has 1 unspecified atom stereocenters. The smallest absolute Gasteiger partial charge is 0.0930 e. The highest BCUT2D eigenvalue weighted by molar-refractivity contribution is 6.18. The number of hydrogen-bond acceptors (Lipinski definition) is 1. The standard InChI is InChI=1S/C13H19ClO/c1-8(2)11-5-9(3)13(10(4)6-11)12(15)7-14/h5-6,8,12,15H,7H2,1-4H3. The van der Waals surface area contributed by atoms with Gasteiger partial charge < -0.3 is 5.11 Å². The molecule has 0 heterocycles. The molecular weight excluding hydrogens is 208 g/mol. The zero-order chi connectivity index (χ0) is 11.6. The van der Waals surface area contributed by atoms with Gasteiger partial charge in [-0.05, 0) is 42.0 Å². The van der Waals surface area contributed by atoms with Gasteiger partial charge in [-0.2, -0.15) is 0 Å². The van der Waals surface area contributed by atoms with Crippen LogP contribution in [0, 0.1) is 13.8 Å². The molecule has 0 bridgehead atoms. The molecule has 0 aliphatic rings. The van der Waals surface area contributed by atoms with E-state index >= 15 is 0 Å². The van der Waals surface area contributed by atoms with Crippen molar-refractivity contribution < 1.29 is 5.11 Å². The minimum absolute atomic E-state index is 0.253. The maximum absolute atomic E-state index is 9.79. The fourth-order valence-electron chi connectivity index (χ4n) is 1.94. The molecule has 0 aliphatic heterocycles. The van der Waals surface area contributed by atoms with Crippen molar-refractivity contribution in [3.8, 4) is 0 Å². The average Bonchev–Trinajstić information content (AvgIpc) is 2.16. The van der Waals surface area contributed by atoms with Gasteiger partial charge in [0.1, 0.15) is 0 Å². The van der Waals surface area contributed by atoms with E-state index in [1.165, 1.54) is 5.56 Å². The van der Waals surface area contributed by atoms with Gasteiger partial charge in [0.05, 0.1) is 12.0 Å². The van der Waals surface area contributed by atoms with Crippen molar-refractivity contribution in [2.24, 2.45) is 0 Å². The molecule has 1 nitrogen and oxygen atoms in total. The van der Waals surface area contributed by atoms with Crippen molar-refractivity contribution in [2.75, 3.05) is 5.88 Å². The molecule has 0 aromatic heterocycles. The first-order chi connectivity index (χ1) is 6.97. The van der Waals surface area contributed by atoms with Crippen molar-refractivity contribution in [1.82, 2.24) is 0 Å². The van der Waals surface area contributed by atoms with Crippen molar-refractivity contribution in [1.29, 1.82) is 0 Å². The molecule has 0 saturated carbocycles. The second-order valence-corrected chi connectivity index (χ2v) is 4.70. The summed E-state index contributed by atoms with van der Waals surface area (Å²) in [5.41, 5.74) is 4.56. The number of aryl methyl sites for hydroxylation is 2. The Morgan fingerprint density at radius 2 is 1.67 bits per heavy atom. The highest BCUT2D eigenvalue weighted by Crippen LogP contribution is 2.27. The Morgan fingerprint density at radius 1 is 1.20 bits per heavy atom. The van der Waals surface area contributed by atoms with Gasteiger partial charge in [-0.25, -0.2) is 0 Å². The number of hydrogen-bond donors (Lipinski definition) is 1. The summed E-state index contributed by atoms with van der Waals surface area (Å²) in [6.45, 7) is 8.41. The summed E-state index contributed by atoms with van der Waals surface area (Å²) in [7, 11) is 0. The number of aliphatic hydroxyl groups excluding tert-OH is 1. The third-order valence-corrected chi connectivity index (χ3v) is 3.05. The van der Waals surface area contributed by atoms with Crippen LogP contribution in [0.15, 0.2) is 12.1 Å². The van der Waals surface area contributed by atoms with Gasteiger partial charge >= 0.3 is 0 Å². The van der Waals surface area contributed by atoms with Crippen molar-refractivity contribution >= 4 is 11.6 Å². The first-order valence-corrected chi connectivity index (χ1v) is 5.85. The lowest BCUT2D eigenvalue weighted by atomic mass is 9.92. The summed E-state index contributed by atoms with van der Waals surface area (Å²) in [5.74, 6) is 0.771. The Balaban J connectivity index is 3.21. The van der Waals surface area contributed by atoms with Crippen LogP contribution < -0.4 is 0 Å². The summed E-state index contributed by atoms with van der Waals surface area (Å²) in [6.07, 6.45) is -0.548. The fourth-order valence-corrected chi connectivity index (χ4v) is 2.10. The molecular formula is C13H19ClO. The minimum Gasteiger partial charge on any atom is -0.387 e. The van der Waals surface area contributed by atoms with E-state index in [0.717, 1.165) is 16.7 Å². The molecule has 1 N–H and O–H groups in total. The highest BCUT2D eigenvalue weighted by atomic mass is 35.5. The van der Waals surface area contributed by atoms with Crippen LogP contribution in [0.3, 0.4) is 0 Å². The van der Waals surface area contributed by atoms with E-state index in [9.17, 15) is 5.11 Å². The minimum atomic E-state index is -0.548. The normalized spacial score (nSPS) is 13.3. The van der Waals surface area contributed by atoms with Crippen LogP contribution in [0.4, 0.5) is 0 Å². The number of aliphatic hydroxyl groups is 1. The van der Waals surface area contributed by atoms with Crippen LogP contribution in [-0.4, -0.2) is 11.0 Å². The van der Waals surface area contributed by atoms with Gasteiger partial charge in [-0.1, -0.05) is 26.0 Å². The zero-order valence-electron chi connectivity index (χ0n) is 9.84. The SMILES string of the molecule is Cc1cc(C(C)C)cc(C)c1C(O)CCl. The summed E-state index contributed by atoms with van der Waals surface area (Å²) in [4.78, 5) is 0. The van der Waals surface area contributed by atoms with E-state index in [4.69, 9.17) is 11.6 Å². The lowest BCUT2D eigenvalue weighted by Gasteiger charge is -2.17. The highest BCUT2D eigenvalue weighted by Gasteiger charge is 2.13. The molecule has 1 atom stereocenters. The van der Waals surface area contributed by atoms with Gasteiger partial charge in [0.25, 0.3) is 0 Å². The second-order valence-electron chi connectivity index (χ2n) is 4.39. The van der Waals surface area contributed by atoms with Gasteiger partial charge in [0.15, 0.2) is 0 Å². The summed E-state index contributed by atoms with van der Waals surface area (Å²) in [5, 5.41) is 9.79. The van der Waals surface area contributed by atoms with E-state index < -0.39 is 6.10 Å². The summed E-state index contributed by atoms with van der Waals surface area (Å²) in [6, 6.07) is 4.28. The van der Waals surface area contributed by atoms with E-state index in [2.05, 4.69) is 26.0 Å². The Labute approximate surface area is 97.1 Å². The Bertz CT molecular complexity index is 321. The molecule has 1 aromatic carbocycles. The van der Waals surface area contributed by atoms with Gasteiger partial charge in [0.2, 0.25) is 0 Å². The van der Waals surface area contributed by atoms with Crippen molar-refractivity contribution in [3.05, 3.63) is 34.4 Å². The average molecular weight is 227 g/mol. The molecule has 1 rings (SSSR count). The molecule has 0 spiro atoms. The molecule has 2 heteroatoms. The van der Waals surface area contributed by atoms with E-state index in [1.807, 2.05) is 13.8 Å². The Hall–Kier alpha value is -0.530. The molecule has 84 valence electrons. The molecule has 1 aromatic rings. The third kappa shape index (κ3) is 2.73. The second kappa shape index (κ2) is 5.00. The lowest BCUT2D eigenvalue weighted by Crippen LogP contribution is -2.05. The lowest BCUT2D eigenvalue weighted by molar-refractivity contribution is 0.201. The number of alkyl halides is 1.